The summed E-state index contributed by atoms with van der Waals surface area (Å²) in [7, 11) is 0. The number of nitrogens with zero attached hydrogens (tertiary/aromatic N) is 3. The average molecular weight is 566 g/mol. The molecule has 0 bridgehead atoms. The molecule has 0 N–H and O–H groups in total. The summed E-state index contributed by atoms with van der Waals surface area (Å²) in [6.45, 7) is 2.81. The first-order valence-electron chi connectivity index (χ1n) is 15.2. The summed E-state index contributed by atoms with van der Waals surface area (Å²) in [4.78, 5) is 12.9. The van der Waals surface area contributed by atoms with Crippen molar-refractivity contribution in [1.82, 2.24) is 9.97 Å². The Hall–Kier alpha value is -5.54. The van der Waals surface area contributed by atoms with Crippen LogP contribution in [0.3, 0.4) is 0 Å². The number of benzene rings is 5. The molecule has 0 saturated carbocycles. The van der Waals surface area contributed by atoms with Crippen molar-refractivity contribution in [1.29, 1.82) is 0 Å². The number of aromatic nitrogens is 2. The van der Waals surface area contributed by atoms with Crippen molar-refractivity contribution < 1.29 is 0 Å². The fourth-order valence-corrected chi connectivity index (χ4v) is 7.04. The highest BCUT2D eigenvalue weighted by Crippen LogP contribution is 2.61. The fourth-order valence-electron chi connectivity index (χ4n) is 7.04. The lowest BCUT2D eigenvalue weighted by atomic mass is 9.66. The number of fused-ring (bicyclic) bond motifs is 9. The van der Waals surface area contributed by atoms with Crippen molar-refractivity contribution >= 4 is 11.4 Å². The Morgan fingerprint density at radius 2 is 1.18 bits per heavy atom. The molecule has 210 valence electrons. The molecule has 44 heavy (non-hydrogen) atoms. The Morgan fingerprint density at radius 3 is 1.89 bits per heavy atom. The quantitative estimate of drug-likeness (QED) is 0.195. The van der Waals surface area contributed by atoms with Crippen molar-refractivity contribution in [2.75, 3.05) is 11.4 Å². The maximum absolute atomic E-state index is 5.47. The highest BCUT2D eigenvalue weighted by Gasteiger charge is 2.52. The van der Waals surface area contributed by atoms with E-state index in [9.17, 15) is 0 Å². The van der Waals surface area contributed by atoms with Gasteiger partial charge in [-0.15, -0.1) is 0 Å². The van der Waals surface area contributed by atoms with E-state index in [1.165, 1.54) is 44.8 Å². The van der Waals surface area contributed by atoms with Gasteiger partial charge in [-0.25, -0.2) is 9.97 Å². The predicted octanol–water partition coefficient (Wildman–Crippen LogP) is 9.76. The molecule has 1 aliphatic heterocycles. The van der Waals surface area contributed by atoms with Gasteiger partial charge in [-0.1, -0.05) is 140 Å². The third kappa shape index (κ3) is 3.90. The Morgan fingerprint density at radius 1 is 0.591 bits per heavy atom. The largest absolute Gasteiger partial charge is 0.337 e. The summed E-state index contributed by atoms with van der Waals surface area (Å²) < 4.78 is 0. The van der Waals surface area contributed by atoms with Gasteiger partial charge < -0.3 is 4.90 Å². The lowest BCUT2D eigenvalue weighted by Gasteiger charge is -2.44. The molecule has 2 aliphatic rings. The molecule has 0 saturated heterocycles. The maximum atomic E-state index is 5.47. The molecule has 0 fully saturated rings. The number of rotatable bonds is 5. The Balaban J connectivity index is 1.35. The summed E-state index contributed by atoms with van der Waals surface area (Å²) in [5.41, 5.74) is 12.3. The van der Waals surface area contributed by atoms with Crippen LogP contribution in [-0.2, 0) is 5.41 Å². The molecule has 0 atom stereocenters. The second-order valence-corrected chi connectivity index (χ2v) is 11.3. The third-order valence-corrected chi connectivity index (χ3v) is 8.94. The van der Waals surface area contributed by atoms with E-state index in [1.54, 1.807) is 0 Å². The van der Waals surface area contributed by atoms with Crippen LogP contribution < -0.4 is 4.90 Å². The Bertz CT molecular complexity index is 2010. The third-order valence-electron chi connectivity index (χ3n) is 8.94. The zero-order chi connectivity index (χ0) is 29.5. The number of anilines is 2. The molecule has 0 amide bonds. The topological polar surface area (TPSA) is 29.0 Å². The summed E-state index contributed by atoms with van der Waals surface area (Å²) in [5, 5.41) is 0. The highest BCUT2D eigenvalue weighted by molar-refractivity contribution is 5.92. The first-order valence-corrected chi connectivity index (χ1v) is 15.2. The van der Waals surface area contributed by atoms with Crippen molar-refractivity contribution in [3.8, 4) is 33.6 Å². The zero-order valence-corrected chi connectivity index (χ0v) is 24.6. The second-order valence-electron chi connectivity index (χ2n) is 11.3. The second kappa shape index (κ2) is 10.6. The van der Waals surface area contributed by atoms with Crippen LogP contribution in [0.4, 0.5) is 11.4 Å². The minimum absolute atomic E-state index is 0.565. The first kappa shape index (κ1) is 26.1. The van der Waals surface area contributed by atoms with E-state index in [1.807, 2.05) is 19.2 Å². The van der Waals surface area contributed by atoms with Gasteiger partial charge in [0.1, 0.15) is 0 Å². The van der Waals surface area contributed by atoms with E-state index in [0.717, 1.165) is 29.2 Å². The van der Waals surface area contributed by atoms with Crippen LogP contribution in [-0.4, -0.2) is 16.5 Å². The molecule has 2 heterocycles. The molecule has 3 nitrogen and oxygen atoms in total. The fraction of sp³-hybridized carbons (Fsp3) is 0.0732. The molecular formula is C41H31N3. The lowest BCUT2D eigenvalue weighted by molar-refractivity contribution is 0.716. The van der Waals surface area contributed by atoms with Crippen LogP contribution in [0.5, 0.6) is 0 Å². The van der Waals surface area contributed by atoms with Gasteiger partial charge in [-0.05, 0) is 52.4 Å². The van der Waals surface area contributed by atoms with Gasteiger partial charge in [0.25, 0.3) is 0 Å². The van der Waals surface area contributed by atoms with Gasteiger partial charge in [0.15, 0.2) is 5.82 Å². The van der Waals surface area contributed by atoms with Crippen LogP contribution >= 0.6 is 0 Å². The Labute approximate surface area is 258 Å². The van der Waals surface area contributed by atoms with E-state index < -0.39 is 5.41 Å². The molecule has 1 spiro atoms. The van der Waals surface area contributed by atoms with E-state index in [2.05, 4.69) is 151 Å². The minimum Gasteiger partial charge on any atom is -0.337 e. The molecule has 0 radical (unpaired) electrons. The van der Waals surface area contributed by atoms with E-state index in [0.29, 0.717) is 0 Å². The molecule has 8 rings (SSSR count). The minimum atomic E-state index is -0.565. The number of allylic oxidation sites excluding steroid dienone is 3. The summed E-state index contributed by atoms with van der Waals surface area (Å²) >= 11 is 0. The molecule has 6 aromatic rings. The van der Waals surface area contributed by atoms with Gasteiger partial charge in [-0.2, -0.15) is 0 Å². The van der Waals surface area contributed by atoms with Crippen LogP contribution in [0.15, 0.2) is 158 Å². The summed E-state index contributed by atoms with van der Waals surface area (Å²) in [5.74, 6) is 0.738. The van der Waals surface area contributed by atoms with Crippen molar-refractivity contribution in [3.63, 3.8) is 0 Å². The van der Waals surface area contributed by atoms with Crippen molar-refractivity contribution in [2.45, 2.75) is 12.3 Å². The number of para-hydroxylation sites is 2. The van der Waals surface area contributed by atoms with E-state index in [-0.39, 0.29) is 0 Å². The molecule has 1 aromatic heterocycles. The van der Waals surface area contributed by atoms with Gasteiger partial charge in [0.05, 0.1) is 11.1 Å². The first-order chi connectivity index (χ1) is 21.8. The lowest BCUT2D eigenvalue weighted by Crippen LogP contribution is -2.38. The standard InChI is InChI=1S/C41H31N3/c1-2-3-4-14-27-44-37-21-12-10-19-35(37)41(36-20-11-13-22-38(36)44)34-18-9-8-17-32(34)33-28-42-40(43-39(33)41)31-25-23-30(24-26-31)29-15-6-5-7-16-29/h2-26,28H,27H2,1H3/b3-2-,14-4-. The predicted molar refractivity (Wildman–Crippen MR) is 181 cm³/mol. The average Bonchev–Trinajstić information content (AvgIpc) is 3.39. The van der Waals surface area contributed by atoms with Crippen LogP contribution in [0.2, 0.25) is 0 Å². The summed E-state index contributed by atoms with van der Waals surface area (Å²) in [6.07, 6.45) is 10.5. The Kier molecular flexibility index (Phi) is 6.31. The van der Waals surface area contributed by atoms with Crippen molar-refractivity contribution in [2.24, 2.45) is 0 Å². The van der Waals surface area contributed by atoms with Crippen LogP contribution in [0.25, 0.3) is 33.6 Å². The number of hydrogen-bond donors (Lipinski definition) is 0. The molecule has 0 unspecified atom stereocenters. The zero-order valence-electron chi connectivity index (χ0n) is 24.6. The molecule has 1 aliphatic carbocycles. The van der Waals surface area contributed by atoms with Gasteiger partial charge >= 0.3 is 0 Å². The molecular weight excluding hydrogens is 534 g/mol. The van der Waals surface area contributed by atoms with Crippen LogP contribution in [0, 0.1) is 0 Å². The highest BCUT2D eigenvalue weighted by atomic mass is 15.1. The molecule has 3 heteroatoms. The number of hydrogen-bond acceptors (Lipinski definition) is 3. The normalized spacial score (nSPS) is 14.1. The van der Waals surface area contributed by atoms with Crippen LogP contribution in [0.1, 0.15) is 29.3 Å². The van der Waals surface area contributed by atoms with Gasteiger partial charge in [0.2, 0.25) is 0 Å². The van der Waals surface area contributed by atoms with Gasteiger partial charge in [0, 0.05) is 35.2 Å². The summed E-state index contributed by atoms with van der Waals surface area (Å²) in [6, 6.07) is 45.5. The molecule has 5 aromatic carbocycles. The SMILES string of the molecule is C/C=C\C=C/CN1c2ccccc2C2(c3ccccc3-c3cnc(-c4ccc(-c5ccccc5)cc4)nc32)c2ccccc21. The van der Waals surface area contributed by atoms with Crippen molar-refractivity contribution in [3.05, 3.63) is 180 Å². The monoisotopic (exact) mass is 565 g/mol. The van der Waals surface area contributed by atoms with E-state index in [4.69, 9.17) is 9.97 Å². The van der Waals surface area contributed by atoms with E-state index >= 15 is 0 Å². The van der Waals surface area contributed by atoms with Gasteiger partial charge in [-0.3, -0.25) is 0 Å². The smallest absolute Gasteiger partial charge is 0.159 e. The maximum Gasteiger partial charge on any atom is 0.159 e.